The number of tetrazole rings is 1. The molecule has 1 N–H and O–H groups in total. The maximum absolute atomic E-state index is 4.08. The fourth-order valence-corrected chi connectivity index (χ4v) is 2.45. The summed E-state index contributed by atoms with van der Waals surface area (Å²) in [5.74, 6) is 0. The molecule has 1 heterocycles. The third-order valence-corrected chi connectivity index (χ3v) is 3.57. The molecule has 0 bridgehead atoms. The van der Waals surface area contributed by atoms with Gasteiger partial charge in [-0.05, 0) is 36.2 Å². The van der Waals surface area contributed by atoms with Gasteiger partial charge in [-0.2, -0.15) is 0 Å². The smallest absolute Gasteiger partial charge is 0.209 e. The minimum atomic E-state index is 0.509. The summed E-state index contributed by atoms with van der Waals surface area (Å²) >= 11 is 1.76. The van der Waals surface area contributed by atoms with Gasteiger partial charge in [-0.15, -0.1) is 5.10 Å². The summed E-state index contributed by atoms with van der Waals surface area (Å²) in [7, 11) is 0. The quantitative estimate of drug-likeness (QED) is 0.579. The third kappa shape index (κ3) is 3.18. The van der Waals surface area contributed by atoms with Gasteiger partial charge in [0, 0.05) is 11.8 Å². The standard InChI is InChI=1S/C10H19N5S/c1-3-6-11-7-8(2)16-10-12-13-14-15(10)9-4-5-9/h8-9,11H,3-7H2,1-2H3. The Morgan fingerprint density at radius 3 is 3.06 bits per heavy atom. The molecule has 6 heteroatoms. The molecule has 16 heavy (non-hydrogen) atoms. The summed E-state index contributed by atoms with van der Waals surface area (Å²) < 4.78 is 1.97. The van der Waals surface area contributed by atoms with Crippen LogP contribution in [0.15, 0.2) is 5.16 Å². The second-order valence-corrected chi connectivity index (χ2v) is 5.68. The van der Waals surface area contributed by atoms with Crippen molar-refractivity contribution < 1.29 is 0 Å². The molecular formula is C10H19N5S. The van der Waals surface area contributed by atoms with E-state index in [1.807, 2.05) is 4.68 Å². The lowest BCUT2D eigenvalue weighted by molar-refractivity contribution is 0.564. The fraction of sp³-hybridized carbons (Fsp3) is 0.900. The average Bonchev–Trinajstić information content (AvgIpc) is 3.01. The van der Waals surface area contributed by atoms with Gasteiger partial charge in [0.1, 0.15) is 0 Å². The summed E-state index contributed by atoms with van der Waals surface area (Å²) in [6, 6.07) is 0.563. The first-order chi connectivity index (χ1) is 7.81. The van der Waals surface area contributed by atoms with Gasteiger partial charge in [-0.3, -0.25) is 0 Å². The van der Waals surface area contributed by atoms with E-state index in [0.29, 0.717) is 11.3 Å². The number of hydrogen-bond acceptors (Lipinski definition) is 5. The highest BCUT2D eigenvalue weighted by Crippen LogP contribution is 2.36. The third-order valence-electron chi connectivity index (χ3n) is 2.52. The van der Waals surface area contributed by atoms with Gasteiger partial charge < -0.3 is 5.32 Å². The van der Waals surface area contributed by atoms with Crippen molar-refractivity contribution in [1.29, 1.82) is 0 Å². The maximum atomic E-state index is 4.08. The van der Waals surface area contributed by atoms with E-state index < -0.39 is 0 Å². The molecule has 1 aromatic rings. The topological polar surface area (TPSA) is 55.6 Å². The van der Waals surface area contributed by atoms with Crippen molar-refractivity contribution in [1.82, 2.24) is 25.5 Å². The average molecular weight is 241 g/mol. The Morgan fingerprint density at radius 1 is 1.56 bits per heavy atom. The molecule has 1 atom stereocenters. The van der Waals surface area contributed by atoms with Crippen LogP contribution in [-0.4, -0.2) is 38.5 Å². The van der Waals surface area contributed by atoms with E-state index in [1.165, 1.54) is 19.3 Å². The van der Waals surface area contributed by atoms with Gasteiger partial charge in [0.25, 0.3) is 0 Å². The van der Waals surface area contributed by atoms with Gasteiger partial charge in [0.15, 0.2) is 0 Å². The molecule has 1 aromatic heterocycles. The number of hydrogen-bond donors (Lipinski definition) is 1. The van der Waals surface area contributed by atoms with Crippen molar-refractivity contribution >= 4 is 11.8 Å². The van der Waals surface area contributed by atoms with Crippen molar-refractivity contribution in [3.63, 3.8) is 0 Å². The first-order valence-electron chi connectivity index (χ1n) is 5.96. The lowest BCUT2D eigenvalue weighted by atomic mass is 10.4. The first-order valence-corrected chi connectivity index (χ1v) is 6.84. The second-order valence-electron chi connectivity index (χ2n) is 4.27. The maximum Gasteiger partial charge on any atom is 0.209 e. The Bertz CT molecular complexity index is 323. The Balaban J connectivity index is 1.80. The number of thioether (sulfide) groups is 1. The van der Waals surface area contributed by atoms with E-state index in [4.69, 9.17) is 0 Å². The van der Waals surface area contributed by atoms with Crippen molar-refractivity contribution in [3.8, 4) is 0 Å². The largest absolute Gasteiger partial charge is 0.316 e. The van der Waals surface area contributed by atoms with E-state index in [0.717, 1.165) is 18.2 Å². The van der Waals surface area contributed by atoms with Crippen LogP contribution in [0.25, 0.3) is 0 Å². The highest BCUT2D eigenvalue weighted by Gasteiger charge is 2.28. The second kappa shape index (κ2) is 5.63. The number of rotatable bonds is 7. The molecule has 0 aromatic carbocycles. The van der Waals surface area contributed by atoms with Gasteiger partial charge in [-0.25, -0.2) is 4.68 Å². The fourth-order valence-electron chi connectivity index (χ4n) is 1.52. The molecule has 1 unspecified atom stereocenters. The van der Waals surface area contributed by atoms with E-state index in [-0.39, 0.29) is 0 Å². The molecule has 1 aliphatic rings. The van der Waals surface area contributed by atoms with Crippen LogP contribution in [-0.2, 0) is 0 Å². The van der Waals surface area contributed by atoms with E-state index in [2.05, 4.69) is 34.7 Å². The summed E-state index contributed by atoms with van der Waals surface area (Å²) in [4.78, 5) is 0. The van der Waals surface area contributed by atoms with Crippen LogP contribution >= 0.6 is 11.8 Å². The zero-order chi connectivity index (χ0) is 11.4. The van der Waals surface area contributed by atoms with Crippen LogP contribution in [0.5, 0.6) is 0 Å². The molecule has 1 fully saturated rings. The molecule has 90 valence electrons. The predicted molar refractivity (Wildman–Crippen MR) is 64.6 cm³/mol. The van der Waals surface area contributed by atoms with Crippen LogP contribution in [0.3, 0.4) is 0 Å². The van der Waals surface area contributed by atoms with Crippen LogP contribution < -0.4 is 5.32 Å². The summed E-state index contributed by atoms with van der Waals surface area (Å²) in [5, 5.41) is 16.8. The molecule has 0 radical (unpaired) electrons. The highest BCUT2D eigenvalue weighted by atomic mass is 32.2. The minimum Gasteiger partial charge on any atom is -0.316 e. The highest BCUT2D eigenvalue weighted by molar-refractivity contribution is 7.99. The summed E-state index contributed by atoms with van der Waals surface area (Å²) in [5.41, 5.74) is 0. The Hall–Kier alpha value is -0.620. The summed E-state index contributed by atoms with van der Waals surface area (Å²) in [6.07, 6.45) is 3.62. The van der Waals surface area contributed by atoms with Crippen LogP contribution in [0.1, 0.15) is 39.2 Å². The van der Waals surface area contributed by atoms with Crippen LogP contribution in [0.4, 0.5) is 0 Å². The van der Waals surface area contributed by atoms with Crippen molar-refractivity contribution in [2.45, 2.75) is 49.6 Å². The van der Waals surface area contributed by atoms with E-state index in [9.17, 15) is 0 Å². The first kappa shape index (κ1) is 11.9. The summed E-state index contributed by atoms with van der Waals surface area (Å²) in [6.45, 7) is 6.48. The monoisotopic (exact) mass is 241 g/mol. The normalized spacial score (nSPS) is 17.6. The Kier molecular flexibility index (Phi) is 4.17. The number of aromatic nitrogens is 4. The van der Waals surface area contributed by atoms with Gasteiger partial charge in [0.05, 0.1) is 6.04 Å². The van der Waals surface area contributed by atoms with E-state index in [1.54, 1.807) is 11.8 Å². The minimum absolute atomic E-state index is 0.509. The zero-order valence-electron chi connectivity index (χ0n) is 9.89. The lowest BCUT2D eigenvalue weighted by Gasteiger charge is -2.11. The number of nitrogens with zero attached hydrogens (tertiary/aromatic N) is 4. The van der Waals surface area contributed by atoms with Crippen molar-refractivity contribution in [3.05, 3.63) is 0 Å². The molecule has 0 spiro atoms. The molecule has 0 saturated heterocycles. The van der Waals surface area contributed by atoms with Crippen molar-refractivity contribution in [2.75, 3.05) is 13.1 Å². The molecule has 1 saturated carbocycles. The van der Waals surface area contributed by atoms with E-state index >= 15 is 0 Å². The molecule has 0 aliphatic heterocycles. The lowest BCUT2D eigenvalue weighted by Crippen LogP contribution is -2.23. The molecule has 1 aliphatic carbocycles. The molecular weight excluding hydrogens is 222 g/mol. The molecule has 0 amide bonds. The van der Waals surface area contributed by atoms with Gasteiger partial charge in [-0.1, -0.05) is 25.6 Å². The molecule has 2 rings (SSSR count). The van der Waals surface area contributed by atoms with Gasteiger partial charge in [0.2, 0.25) is 5.16 Å². The van der Waals surface area contributed by atoms with Gasteiger partial charge >= 0.3 is 0 Å². The number of nitrogens with one attached hydrogen (secondary N) is 1. The Labute approximate surface area is 100 Å². The van der Waals surface area contributed by atoms with Crippen molar-refractivity contribution in [2.24, 2.45) is 0 Å². The SMILES string of the molecule is CCCNCC(C)Sc1nnnn1C1CC1. The van der Waals surface area contributed by atoms with Crippen LogP contribution in [0, 0.1) is 0 Å². The van der Waals surface area contributed by atoms with Crippen LogP contribution in [0.2, 0.25) is 0 Å². The molecule has 5 nitrogen and oxygen atoms in total. The predicted octanol–water partition coefficient (Wildman–Crippen LogP) is 1.49. The Morgan fingerprint density at radius 2 is 2.38 bits per heavy atom. The zero-order valence-corrected chi connectivity index (χ0v) is 10.7.